The van der Waals surface area contributed by atoms with Crippen LogP contribution in [0.5, 0.6) is 11.5 Å². The molecule has 2 aromatic heterocycles. The van der Waals surface area contributed by atoms with E-state index in [1.807, 2.05) is 95.3 Å². The van der Waals surface area contributed by atoms with E-state index in [1.165, 1.54) is 0 Å². The molecule has 3 saturated heterocycles. The van der Waals surface area contributed by atoms with Gasteiger partial charge in [0.15, 0.2) is 11.6 Å². The van der Waals surface area contributed by atoms with Gasteiger partial charge < -0.3 is 44.9 Å². The van der Waals surface area contributed by atoms with Crippen LogP contribution in [0.3, 0.4) is 0 Å². The number of phenols is 2. The lowest BCUT2D eigenvalue weighted by Crippen LogP contribution is -2.40. The second-order valence-corrected chi connectivity index (χ2v) is 17.4. The van der Waals surface area contributed by atoms with E-state index in [0.29, 0.717) is 49.1 Å². The van der Waals surface area contributed by atoms with Crippen molar-refractivity contribution in [3.63, 3.8) is 0 Å². The topological polar surface area (TPSA) is 184 Å². The molecule has 0 spiro atoms. The molecule has 0 unspecified atom stereocenters. The van der Waals surface area contributed by atoms with E-state index in [-0.39, 0.29) is 29.7 Å². The normalized spacial score (nSPS) is 18.6. The summed E-state index contributed by atoms with van der Waals surface area (Å²) in [6.07, 6.45) is 1.36. The average molecular weight is 855 g/mol. The Labute approximate surface area is 366 Å². The van der Waals surface area contributed by atoms with Crippen molar-refractivity contribution in [3.05, 3.63) is 96.1 Å². The number of aromatic hydroxyl groups is 2. The van der Waals surface area contributed by atoms with Crippen LogP contribution in [0.25, 0.3) is 44.6 Å². The summed E-state index contributed by atoms with van der Waals surface area (Å²) >= 11 is 0. The third-order valence-corrected chi connectivity index (χ3v) is 11.1. The van der Waals surface area contributed by atoms with Gasteiger partial charge in [0, 0.05) is 43.4 Å². The first kappa shape index (κ1) is 42.9. The summed E-state index contributed by atoms with van der Waals surface area (Å²) in [5.74, 6) is 2.85. The number of hydrogen-bond acceptors (Lipinski definition) is 13. The lowest BCUT2D eigenvalue weighted by atomic mass is 10.1. The molecule has 5 heterocycles. The molecule has 0 aliphatic carbocycles. The minimum atomic E-state index is -0.532. The number of ether oxygens (including phenoxy) is 3. The van der Waals surface area contributed by atoms with Gasteiger partial charge in [-0.25, -0.2) is 29.5 Å². The van der Waals surface area contributed by atoms with Crippen LogP contribution >= 0.6 is 0 Å². The number of carbonyl (C=O) groups excluding carboxylic acids is 2. The van der Waals surface area contributed by atoms with E-state index in [1.54, 1.807) is 24.3 Å². The molecule has 3 aliphatic rings. The summed E-state index contributed by atoms with van der Waals surface area (Å²) in [5.41, 5.74) is 4.51. The van der Waals surface area contributed by atoms with Crippen LogP contribution in [0.15, 0.2) is 84.9 Å². The van der Waals surface area contributed by atoms with Crippen molar-refractivity contribution >= 4 is 45.6 Å². The quantitative estimate of drug-likeness (QED) is 0.122. The maximum absolute atomic E-state index is 12.3. The lowest BCUT2D eigenvalue weighted by Gasteiger charge is -2.23. The van der Waals surface area contributed by atoms with Crippen LogP contribution in [0, 0.1) is 13.8 Å². The van der Waals surface area contributed by atoms with Gasteiger partial charge in [0.25, 0.3) is 0 Å². The standard InChI is InChI=1S/C24H26N4O4.C24H28N4O3/c1-15-6-7-18-20(12-15)26-22(19-4-2-3-5-21(19)29)27-23(18)28-10-8-16(13-28)25-24(30)32-17-9-11-31-14-17;1-15-9-10-17-19(13-15)26-21(18-7-5-6-8-20(18)29)27-22(17)28-12-11-16(14-28)25-23(30)31-24(2,3)4/h2-7,12,16-17,29H,8-11,13-14H2,1H3,(H,25,30);5-10,13,16,29H,11-12,14H2,1-4H3,(H,25,30)/t16-,17+;16-/m11/s1. The van der Waals surface area contributed by atoms with Crippen LogP contribution < -0.4 is 20.4 Å². The number of fused-ring (bicyclic) bond motifs is 2. The number of amides is 2. The van der Waals surface area contributed by atoms with Crippen molar-refractivity contribution in [2.75, 3.05) is 49.2 Å². The maximum atomic E-state index is 12.3. The highest BCUT2D eigenvalue weighted by atomic mass is 16.6. The van der Waals surface area contributed by atoms with Crippen LogP contribution in [0.1, 0.15) is 51.2 Å². The third-order valence-electron chi connectivity index (χ3n) is 11.1. The fourth-order valence-corrected chi connectivity index (χ4v) is 8.07. The van der Waals surface area contributed by atoms with E-state index in [0.717, 1.165) is 76.9 Å². The fourth-order valence-electron chi connectivity index (χ4n) is 8.07. The van der Waals surface area contributed by atoms with Gasteiger partial charge >= 0.3 is 12.2 Å². The van der Waals surface area contributed by atoms with E-state index >= 15 is 0 Å². The van der Waals surface area contributed by atoms with Crippen molar-refractivity contribution in [2.45, 2.75) is 77.7 Å². The van der Waals surface area contributed by atoms with Crippen molar-refractivity contribution in [1.29, 1.82) is 0 Å². The highest BCUT2D eigenvalue weighted by Crippen LogP contribution is 2.35. The van der Waals surface area contributed by atoms with Gasteiger partial charge in [0.2, 0.25) is 0 Å². The summed E-state index contributed by atoms with van der Waals surface area (Å²) in [6.45, 7) is 13.4. The van der Waals surface area contributed by atoms with E-state index in [4.69, 9.17) is 34.1 Å². The number of anilines is 2. The number of para-hydroxylation sites is 2. The monoisotopic (exact) mass is 854 g/mol. The third kappa shape index (κ3) is 10.3. The van der Waals surface area contributed by atoms with Gasteiger partial charge in [-0.2, -0.15) is 0 Å². The molecule has 6 aromatic rings. The molecular formula is C48H54N8O7. The first-order valence-corrected chi connectivity index (χ1v) is 21.4. The van der Waals surface area contributed by atoms with Gasteiger partial charge in [-0.15, -0.1) is 0 Å². The average Bonchev–Trinajstić information content (AvgIpc) is 4.03. The Balaban J connectivity index is 0.000000173. The van der Waals surface area contributed by atoms with E-state index in [2.05, 4.69) is 20.4 Å². The van der Waals surface area contributed by atoms with Crippen LogP contribution in [0.2, 0.25) is 0 Å². The molecule has 3 aliphatic heterocycles. The first-order chi connectivity index (χ1) is 30.3. The molecule has 0 saturated carbocycles. The highest BCUT2D eigenvalue weighted by Gasteiger charge is 2.31. The molecule has 15 heteroatoms. The number of phenolic OH excluding ortho intramolecular Hbond substituents is 2. The molecular weight excluding hydrogens is 801 g/mol. The predicted molar refractivity (Wildman–Crippen MR) is 242 cm³/mol. The van der Waals surface area contributed by atoms with Gasteiger partial charge in [0.05, 0.1) is 47.5 Å². The predicted octanol–water partition coefficient (Wildman–Crippen LogP) is 7.82. The van der Waals surface area contributed by atoms with E-state index < -0.39 is 17.8 Å². The maximum Gasteiger partial charge on any atom is 0.407 e. The van der Waals surface area contributed by atoms with Crippen molar-refractivity contribution < 1.29 is 34.0 Å². The number of hydrogen-bond donors (Lipinski definition) is 4. The number of aromatic nitrogens is 4. The molecule has 0 radical (unpaired) electrons. The van der Waals surface area contributed by atoms with Gasteiger partial charge in [0.1, 0.15) is 34.8 Å². The minimum Gasteiger partial charge on any atom is -0.507 e. The summed E-state index contributed by atoms with van der Waals surface area (Å²) in [5, 5.41) is 28.5. The number of nitrogens with zero attached hydrogens (tertiary/aromatic N) is 6. The number of aryl methyl sites for hydroxylation is 2. The first-order valence-electron chi connectivity index (χ1n) is 21.4. The smallest absolute Gasteiger partial charge is 0.407 e. The molecule has 0 bridgehead atoms. The van der Waals surface area contributed by atoms with Crippen LogP contribution in [-0.4, -0.2) is 106 Å². The summed E-state index contributed by atoms with van der Waals surface area (Å²) < 4.78 is 16.1. The van der Waals surface area contributed by atoms with Crippen LogP contribution in [-0.2, 0) is 14.2 Å². The lowest BCUT2D eigenvalue weighted by molar-refractivity contribution is 0.0508. The summed E-state index contributed by atoms with van der Waals surface area (Å²) in [6, 6.07) is 26.3. The van der Waals surface area contributed by atoms with Crippen LogP contribution in [0.4, 0.5) is 21.2 Å². The number of carbonyl (C=O) groups is 2. The Morgan fingerprint density at radius 1 is 0.683 bits per heavy atom. The molecule has 63 heavy (non-hydrogen) atoms. The number of alkyl carbamates (subject to hydrolysis) is 2. The number of rotatable bonds is 7. The Bertz CT molecular complexity index is 2630. The Kier molecular flexibility index (Phi) is 12.5. The Hall–Kier alpha value is -6.74. The second kappa shape index (κ2) is 18.3. The van der Waals surface area contributed by atoms with Gasteiger partial charge in [-0.05, 0) is 107 Å². The molecule has 9 rings (SSSR count). The summed E-state index contributed by atoms with van der Waals surface area (Å²) in [4.78, 5) is 47.9. The van der Waals surface area contributed by atoms with Crippen molar-refractivity contribution in [3.8, 4) is 34.3 Å². The zero-order valence-electron chi connectivity index (χ0n) is 36.3. The SMILES string of the molecule is Cc1ccc2c(N3CC[C@@H](NC(=O)OC(C)(C)C)C3)nc(-c3ccccc3O)nc2c1.Cc1ccc2c(N3CC[C@@H](NC(=O)O[C@H]4CCOC4)C3)nc(-c3ccccc3O)nc2c1. The molecule has 2 amide bonds. The fraction of sp³-hybridized carbons (Fsp3) is 0.375. The van der Waals surface area contributed by atoms with Crippen molar-refractivity contribution in [2.24, 2.45) is 0 Å². The number of benzene rings is 4. The highest BCUT2D eigenvalue weighted by molar-refractivity contribution is 5.93. The second-order valence-electron chi connectivity index (χ2n) is 17.4. The molecule has 3 atom stereocenters. The molecule has 328 valence electrons. The van der Waals surface area contributed by atoms with E-state index in [9.17, 15) is 19.8 Å². The molecule has 3 fully saturated rings. The zero-order chi connectivity index (χ0) is 44.3. The molecule has 15 nitrogen and oxygen atoms in total. The number of nitrogens with one attached hydrogen (secondary N) is 2. The zero-order valence-corrected chi connectivity index (χ0v) is 36.3. The Morgan fingerprint density at radius 2 is 1.17 bits per heavy atom. The largest absolute Gasteiger partial charge is 0.507 e. The van der Waals surface area contributed by atoms with Gasteiger partial charge in [-0.3, -0.25) is 0 Å². The van der Waals surface area contributed by atoms with Crippen molar-refractivity contribution in [1.82, 2.24) is 30.6 Å². The minimum absolute atomic E-state index is 0.0288. The summed E-state index contributed by atoms with van der Waals surface area (Å²) in [7, 11) is 0. The molecule has 4 aromatic carbocycles. The Morgan fingerprint density at radius 3 is 1.63 bits per heavy atom. The van der Waals surface area contributed by atoms with Gasteiger partial charge in [-0.1, -0.05) is 36.4 Å². The molecule has 4 N–H and O–H groups in total.